The molecule has 0 aromatic heterocycles. The predicted octanol–water partition coefficient (Wildman–Crippen LogP) is 3.50. The van der Waals surface area contributed by atoms with Crippen molar-refractivity contribution >= 4 is 11.4 Å². The summed E-state index contributed by atoms with van der Waals surface area (Å²) in [4.78, 5) is 14.3. The van der Waals surface area contributed by atoms with E-state index in [1.165, 1.54) is 5.56 Å². The van der Waals surface area contributed by atoms with Gasteiger partial charge in [-0.05, 0) is 11.1 Å². The van der Waals surface area contributed by atoms with E-state index in [0.717, 1.165) is 24.2 Å². The normalized spacial score (nSPS) is 15.1. The minimum Gasteiger partial charge on any atom is -0.372 e. The van der Waals surface area contributed by atoms with Crippen molar-refractivity contribution in [1.82, 2.24) is 4.90 Å². The molecule has 0 radical (unpaired) electrons. The molecule has 0 saturated carbocycles. The van der Waals surface area contributed by atoms with Crippen LogP contribution in [0.5, 0.6) is 0 Å². The molecule has 2 nitrogen and oxygen atoms in total. The van der Waals surface area contributed by atoms with Crippen LogP contribution in [0, 0.1) is 0 Å². The number of ketones is 1. The summed E-state index contributed by atoms with van der Waals surface area (Å²) in [5, 5.41) is 0. The van der Waals surface area contributed by atoms with Crippen LogP contribution in [0.1, 0.15) is 17.5 Å². The van der Waals surface area contributed by atoms with E-state index in [4.69, 9.17) is 0 Å². The third-order valence-corrected chi connectivity index (χ3v) is 3.55. The highest BCUT2D eigenvalue weighted by atomic mass is 16.1. The highest BCUT2D eigenvalue weighted by Crippen LogP contribution is 2.22. The molecule has 0 unspecified atom stereocenters. The standard InChI is InChI=1S/C18H17NO/c20-18-11-12-19(13-15-7-3-1-4-8-15)14-17(18)16-9-5-2-6-10-16/h1-10,14H,11-13H2. The van der Waals surface area contributed by atoms with Crippen molar-refractivity contribution in [3.8, 4) is 0 Å². The SMILES string of the molecule is O=C1CCN(Cc2ccccc2)C=C1c1ccccc1. The minimum atomic E-state index is 0.237. The third kappa shape index (κ3) is 2.80. The van der Waals surface area contributed by atoms with Crippen LogP contribution >= 0.6 is 0 Å². The molecule has 0 bridgehead atoms. The molecule has 3 rings (SSSR count). The lowest BCUT2D eigenvalue weighted by Gasteiger charge is -2.26. The van der Waals surface area contributed by atoms with E-state index < -0.39 is 0 Å². The molecule has 0 aliphatic carbocycles. The third-order valence-electron chi connectivity index (χ3n) is 3.55. The van der Waals surface area contributed by atoms with Gasteiger partial charge in [0.05, 0.1) is 0 Å². The van der Waals surface area contributed by atoms with Crippen molar-refractivity contribution in [2.45, 2.75) is 13.0 Å². The van der Waals surface area contributed by atoms with Crippen LogP contribution < -0.4 is 0 Å². The Labute approximate surface area is 119 Å². The fourth-order valence-electron chi connectivity index (χ4n) is 2.49. The molecule has 0 atom stereocenters. The fourth-order valence-corrected chi connectivity index (χ4v) is 2.49. The van der Waals surface area contributed by atoms with Crippen molar-refractivity contribution in [2.24, 2.45) is 0 Å². The van der Waals surface area contributed by atoms with Gasteiger partial charge in [0.15, 0.2) is 5.78 Å². The highest BCUT2D eigenvalue weighted by molar-refractivity contribution is 6.21. The zero-order valence-electron chi connectivity index (χ0n) is 11.3. The summed E-state index contributed by atoms with van der Waals surface area (Å²) >= 11 is 0. The van der Waals surface area contributed by atoms with Crippen LogP contribution in [0.15, 0.2) is 66.9 Å². The van der Waals surface area contributed by atoms with Gasteiger partial charge >= 0.3 is 0 Å². The average Bonchev–Trinajstić information content (AvgIpc) is 2.51. The van der Waals surface area contributed by atoms with Crippen LogP contribution in [-0.4, -0.2) is 17.2 Å². The first kappa shape index (κ1) is 12.7. The first-order chi connectivity index (χ1) is 9.83. The van der Waals surface area contributed by atoms with E-state index in [-0.39, 0.29) is 5.78 Å². The van der Waals surface area contributed by atoms with Gasteiger partial charge in [-0.2, -0.15) is 0 Å². The zero-order valence-corrected chi connectivity index (χ0v) is 11.3. The number of carbonyl (C=O) groups is 1. The lowest BCUT2D eigenvalue weighted by molar-refractivity contribution is -0.114. The van der Waals surface area contributed by atoms with Crippen molar-refractivity contribution in [3.63, 3.8) is 0 Å². The van der Waals surface area contributed by atoms with Crippen molar-refractivity contribution in [3.05, 3.63) is 78.0 Å². The molecule has 20 heavy (non-hydrogen) atoms. The number of nitrogens with zero attached hydrogens (tertiary/aromatic N) is 1. The summed E-state index contributed by atoms with van der Waals surface area (Å²) in [6.45, 7) is 1.65. The Morgan fingerprint density at radius 1 is 0.900 bits per heavy atom. The Morgan fingerprint density at radius 3 is 2.25 bits per heavy atom. The summed E-state index contributed by atoms with van der Waals surface area (Å²) < 4.78 is 0. The number of hydrogen-bond donors (Lipinski definition) is 0. The molecule has 1 heterocycles. The van der Waals surface area contributed by atoms with Gasteiger partial charge < -0.3 is 4.90 Å². The zero-order chi connectivity index (χ0) is 13.8. The second-order valence-corrected chi connectivity index (χ2v) is 5.04. The first-order valence-corrected chi connectivity index (χ1v) is 6.91. The summed E-state index contributed by atoms with van der Waals surface area (Å²) in [6.07, 6.45) is 2.60. The van der Waals surface area contributed by atoms with Crippen molar-refractivity contribution < 1.29 is 4.79 Å². The minimum absolute atomic E-state index is 0.237. The smallest absolute Gasteiger partial charge is 0.166 e. The van der Waals surface area contributed by atoms with Gasteiger partial charge in [0.25, 0.3) is 0 Å². The first-order valence-electron chi connectivity index (χ1n) is 6.91. The molecule has 1 aliphatic rings. The van der Waals surface area contributed by atoms with Gasteiger partial charge in [-0.1, -0.05) is 60.7 Å². The van der Waals surface area contributed by atoms with Gasteiger partial charge in [-0.25, -0.2) is 0 Å². The molecule has 0 amide bonds. The summed E-state index contributed by atoms with van der Waals surface area (Å²) in [6, 6.07) is 20.3. The average molecular weight is 263 g/mol. The predicted molar refractivity (Wildman–Crippen MR) is 80.9 cm³/mol. The lowest BCUT2D eigenvalue weighted by Crippen LogP contribution is -2.26. The van der Waals surface area contributed by atoms with Crippen LogP contribution in [0.25, 0.3) is 5.57 Å². The molecule has 0 N–H and O–H groups in total. The Hall–Kier alpha value is -2.35. The number of Topliss-reactive ketones (excluding diaryl/α,β-unsaturated/α-hetero) is 1. The maximum Gasteiger partial charge on any atom is 0.166 e. The Bertz CT molecular complexity index is 616. The van der Waals surface area contributed by atoms with E-state index in [9.17, 15) is 4.79 Å². The van der Waals surface area contributed by atoms with Gasteiger partial charge in [0, 0.05) is 31.3 Å². The maximum atomic E-state index is 12.1. The second kappa shape index (κ2) is 5.74. The second-order valence-electron chi connectivity index (χ2n) is 5.04. The van der Waals surface area contributed by atoms with Crippen LogP contribution in [0.2, 0.25) is 0 Å². The molecule has 2 aromatic carbocycles. The van der Waals surface area contributed by atoms with Crippen molar-refractivity contribution in [1.29, 1.82) is 0 Å². The quantitative estimate of drug-likeness (QED) is 0.844. The maximum absolute atomic E-state index is 12.1. The number of hydrogen-bond acceptors (Lipinski definition) is 2. The van der Waals surface area contributed by atoms with Crippen LogP contribution in [0.3, 0.4) is 0 Å². The molecule has 2 aromatic rings. The Kier molecular flexibility index (Phi) is 3.64. The molecule has 2 heteroatoms. The topological polar surface area (TPSA) is 20.3 Å². The molecule has 1 aliphatic heterocycles. The number of rotatable bonds is 3. The van der Waals surface area contributed by atoms with Crippen LogP contribution in [-0.2, 0) is 11.3 Å². The van der Waals surface area contributed by atoms with E-state index in [2.05, 4.69) is 17.0 Å². The number of benzene rings is 2. The molecular weight excluding hydrogens is 246 g/mol. The Morgan fingerprint density at radius 2 is 1.55 bits per heavy atom. The number of allylic oxidation sites excluding steroid dienone is 1. The van der Waals surface area contributed by atoms with Gasteiger partial charge in [0.1, 0.15) is 0 Å². The van der Waals surface area contributed by atoms with E-state index in [1.807, 2.05) is 54.7 Å². The summed E-state index contributed by atoms with van der Waals surface area (Å²) in [5.41, 5.74) is 3.11. The largest absolute Gasteiger partial charge is 0.372 e. The van der Waals surface area contributed by atoms with Gasteiger partial charge in [-0.3, -0.25) is 4.79 Å². The fraction of sp³-hybridized carbons (Fsp3) is 0.167. The molecule has 0 fully saturated rings. The molecule has 0 spiro atoms. The van der Waals surface area contributed by atoms with E-state index in [0.29, 0.717) is 6.42 Å². The molecular formula is C18H17NO. The number of carbonyl (C=O) groups excluding carboxylic acids is 1. The van der Waals surface area contributed by atoms with E-state index in [1.54, 1.807) is 0 Å². The summed E-state index contributed by atoms with van der Waals surface area (Å²) in [7, 11) is 0. The summed E-state index contributed by atoms with van der Waals surface area (Å²) in [5.74, 6) is 0.237. The molecule has 0 saturated heterocycles. The van der Waals surface area contributed by atoms with Crippen LogP contribution in [0.4, 0.5) is 0 Å². The Balaban J connectivity index is 1.84. The lowest BCUT2D eigenvalue weighted by atomic mass is 9.98. The van der Waals surface area contributed by atoms with Crippen molar-refractivity contribution in [2.75, 3.05) is 6.54 Å². The monoisotopic (exact) mass is 263 g/mol. The van der Waals surface area contributed by atoms with Gasteiger partial charge in [0.2, 0.25) is 0 Å². The highest BCUT2D eigenvalue weighted by Gasteiger charge is 2.19. The van der Waals surface area contributed by atoms with Gasteiger partial charge in [-0.15, -0.1) is 0 Å². The van der Waals surface area contributed by atoms with E-state index >= 15 is 0 Å². The molecule has 100 valence electrons.